The molecule has 0 unspecified atom stereocenters. The first-order valence-electron chi connectivity index (χ1n) is 23.4. The summed E-state index contributed by atoms with van der Waals surface area (Å²) in [7, 11) is 0. The Bertz CT molecular complexity index is 3270. The summed E-state index contributed by atoms with van der Waals surface area (Å²) in [6, 6.07) is 66.1. The standard InChI is InChI=1S/C62H59N4O.Pt/c1-59(2,3)45-27-32-55-57(37-45)64(48-28-25-44(26-29-48)61(7,8)42-19-13-11-14-20-42)41-65(55)49-35-47(60(4,5)6)36-51(39-49)67-50-30-31-53-52-23-17-18-24-54(52)66(56(53)40-50)58-38-46(33-34-63-58)62(9,10)43-21-15-12-16-22-43;/h11-38,41H,1-10H3;/q-3;. The van der Waals surface area contributed by atoms with Crippen LogP contribution in [0.5, 0.6) is 11.5 Å². The van der Waals surface area contributed by atoms with Crippen molar-refractivity contribution in [2.45, 2.75) is 90.9 Å². The van der Waals surface area contributed by atoms with Crippen molar-refractivity contribution < 1.29 is 25.8 Å². The molecule has 7 aromatic carbocycles. The van der Waals surface area contributed by atoms with Crippen LogP contribution in [-0.2, 0) is 42.7 Å². The van der Waals surface area contributed by atoms with Crippen LogP contribution in [0.2, 0.25) is 0 Å². The van der Waals surface area contributed by atoms with Crippen LogP contribution in [0.15, 0.2) is 170 Å². The zero-order chi connectivity index (χ0) is 46.9. The van der Waals surface area contributed by atoms with Crippen molar-refractivity contribution in [2.24, 2.45) is 0 Å². The largest absolute Gasteiger partial charge is 0.509 e. The van der Waals surface area contributed by atoms with Crippen LogP contribution < -0.4 is 14.5 Å². The van der Waals surface area contributed by atoms with Crippen molar-refractivity contribution in [3.05, 3.63) is 222 Å². The Hall–Kier alpha value is -6.42. The molecule has 0 atom stereocenters. The molecule has 0 N–H and O–H groups in total. The van der Waals surface area contributed by atoms with Crippen LogP contribution in [0, 0.1) is 18.8 Å². The number of rotatable bonds is 9. The number of ether oxygens (including phenoxy) is 1. The van der Waals surface area contributed by atoms with Gasteiger partial charge in [0, 0.05) is 72.2 Å². The van der Waals surface area contributed by atoms with E-state index in [2.05, 4.69) is 260 Å². The Morgan fingerprint density at radius 1 is 0.471 bits per heavy atom. The van der Waals surface area contributed by atoms with Crippen LogP contribution in [0.25, 0.3) is 27.6 Å². The molecular formula is C62H59N4OPt-3. The Labute approximate surface area is 417 Å². The molecule has 0 amide bonds. The number of fused-ring (bicyclic) bond motifs is 4. The Morgan fingerprint density at radius 2 is 1.07 bits per heavy atom. The third-order valence-corrected chi connectivity index (χ3v) is 13.9. The number of benzene rings is 7. The van der Waals surface area contributed by atoms with Gasteiger partial charge in [-0.3, -0.25) is 0 Å². The van der Waals surface area contributed by atoms with Gasteiger partial charge in [0.15, 0.2) is 0 Å². The fourth-order valence-electron chi connectivity index (χ4n) is 9.47. The van der Waals surface area contributed by atoms with Gasteiger partial charge >= 0.3 is 0 Å². The molecule has 0 saturated carbocycles. The van der Waals surface area contributed by atoms with Gasteiger partial charge in [0.25, 0.3) is 0 Å². The first-order chi connectivity index (χ1) is 32.0. The van der Waals surface area contributed by atoms with E-state index in [9.17, 15) is 0 Å². The fourth-order valence-corrected chi connectivity index (χ4v) is 9.47. The molecule has 9 aromatic rings. The van der Waals surface area contributed by atoms with Crippen LogP contribution in [0.1, 0.15) is 103 Å². The predicted octanol–water partition coefficient (Wildman–Crippen LogP) is 16.2. The second-order valence-corrected chi connectivity index (χ2v) is 21.1. The Balaban J connectivity index is 0.00000578. The summed E-state index contributed by atoms with van der Waals surface area (Å²) in [5, 5.41) is 2.22. The maximum absolute atomic E-state index is 6.89. The first kappa shape index (κ1) is 46.7. The molecule has 5 nitrogen and oxygen atoms in total. The van der Waals surface area contributed by atoms with Crippen LogP contribution >= 0.6 is 0 Å². The molecule has 0 fully saturated rings. The predicted molar refractivity (Wildman–Crippen MR) is 279 cm³/mol. The van der Waals surface area contributed by atoms with E-state index < -0.39 is 0 Å². The second-order valence-electron chi connectivity index (χ2n) is 21.1. The monoisotopic (exact) mass is 1070 g/mol. The maximum atomic E-state index is 6.89. The number of hydrogen-bond donors (Lipinski definition) is 0. The molecule has 3 heterocycles. The summed E-state index contributed by atoms with van der Waals surface area (Å²) in [5.74, 6) is 2.06. The van der Waals surface area contributed by atoms with E-state index in [0.29, 0.717) is 11.5 Å². The minimum atomic E-state index is -0.231. The number of nitrogens with zero attached hydrogens (tertiary/aromatic N) is 4. The van der Waals surface area contributed by atoms with Crippen molar-refractivity contribution >= 4 is 44.6 Å². The van der Waals surface area contributed by atoms with Crippen LogP contribution in [0.3, 0.4) is 0 Å². The van der Waals surface area contributed by atoms with Crippen molar-refractivity contribution in [1.82, 2.24) is 9.55 Å². The summed E-state index contributed by atoms with van der Waals surface area (Å²) >= 11 is 0. The summed E-state index contributed by atoms with van der Waals surface area (Å²) < 4.78 is 9.11. The number of pyridine rings is 1. The van der Waals surface area contributed by atoms with E-state index in [0.717, 1.165) is 55.9 Å². The molecule has 68 heavy (non-hydrogen) atoms. The van der Waals surface area contributed by atoms with Crippen molar-refractivity contribution in [1.29, 1.82) is 0 Å². The van der Waals surface area contributed by atoms with Crippen LogP contribution in [0.4, 0.5) is 22.7 Å². The minimum Gasteiger partial charge on any atom is -0.509 e. The summed E-state index contributed by atoms with van der Waals surface area (Å²) in [5.41, 5.74) is 13.0. The van der Waals surface area contributed by atoms with Gasteiger partial charge in [-0.25, -0.2) is 4.98 Å². The number of hydrogen-bond acceptors (Lipinski definition) is 4. The van der Waals surface area contributed by atoms with Crippen molar-refractivity contribution in [3.63, 3.8) is 0 Å². The quantitative estimate of drug-likeness (QED) is 0.135. The van der Waals surface area contributed by atoms with E-state index in [1.54, 1.807) is 0 Å². The molecule has 0 aliphatic carbocycles. The van der Waals surface area contributed by atoms with Crippen molar-refractivity contribution in [3.8, 4) is 17.3 Å². The first-order valence-corrected chi connectivity index (χ1v) is 23.4. The Kier molecular flexibility index (Phi) is 12.1. The van der Waals surface area contributed by atoms with E-state index in [1.807, 2.05) is 12.3 Å². The molecule has 346 valence electrons. The van der Waals surface area contributed by atoms with Gasteiger partial charge in [0.2, 0.25) is 0 Å². The average molecular weight is 1070 g/mol. The third kappa shape index (κ3) is 8.56. The topological polar surface area (TPSA) is 33.5 Å². The van der Waals surface area contributed by atoms with Gasteiger partial charge in [-0.15, -0.1) is 53.6 Å². The number of aromatic nitrogens is 2. The molecule has 1 aliphatic rings. The SMILES string of the molecule is CC(C)(C)c1cc(Oc2[c-]c3c(cc2)c2ccccc2n3-c2cc(C(C)(C)c3ccccc3)ccn2)[c-]c(N2[CH-]N(c3ccc(C(C)(C)c4ccccc4)cc3)c3cc(C(C)(C)C)ccc32)c1.[Pt]. The van der Waals surface area contributed by atoms with Gasteiger partial charge in [0.1, 0.15) is 5.82 Å². The molecule has 1 aliphatic heterocycles. The van der Waals surface area contributed by atoms with Gasteiger partial charge in [-0.2, -0.15) is 6.07 Å². The van der Waals surface area contributed by atoms with Gasteiger partial charge in [-0.1, -0.05) is 172 Å². The maximum Gasteiger partial charge on any atom is 0.135 e. The van der Waals surface area contributed by atoms with Gasteiger partial charge < -0.3 is 19.1 Å². The normalized spacial score (nSPS) is 13.2. The smallest absolute Gasteiger partial charge is 0.135 e. The number of anilines is 4. The third-order valence-electron chi connectivity index (χ3n) is 13.9. The molecular weight excluding hydrogens is 1010 g/mol. The molecule has 0 bridgehead atoms. The van der Waals surface area contributed by atoms with Gasteiger partial charge in [-0.05, 0) is 86.5 Å². The fraction of sp³-hybridized carbons (Fsp3) is 0.226. The molecule has 6 heteroatoms. The summed E-state index contributed by atoms with van der Waals surface area (Å²) in [6.45, 7) is 24.9. The second kappa shape index (κ2) is 17.6. The zero-order valence-electron chi connectivity index (χ0n) is 40.8. The number of para-hydroxylation sites is 1. The molecule has 0 spiro atoms. The molecule has 2 aromatic heterocycles. The zero-order valence-corrected chi connectivity index (χ0v) is 43.0. The summed E-state index contributed by atoms with van der Waals surface area (Å²) in [6.07, 6.45) is 1.92. The summed E-state index contributed by atoms with van der Waals surface area (Å²) in [4.78, 5) is 9.54. The van der Waals surface area contributed by atoms with E-state index >= 15 is 0 Å². The van der Waals surface area contributed by atoms with Crippen molar-refractivity contribution in [2.75, 3.05) is 9.80 Å². The van der Waals surface area contributed by atoms with Crippen LogP contribution in [-0.4, -0.2) is 9.55 Å². The molecule has 0 saturated heterocycles. The van der Waals surface area contributed by atoms with E-state index in [1.165, 1.54) is 27.8 Å². The Morgan fingerprint density at radius 3 is 1.74 bits per heavy atom. The van der Waals surface area contributed by atoms with E-state index in [4.69, 9.17) is 9.72 Å². The average Bonchev–Trinajstić information content (AvgIpc) is 3.87. The minimum absolute atomic E-state index is 0. The van der Waals surface area contributed by atoms with E-state index in [-0.39, 0.29) is 42.7 Å². The molecule has 10 rings (SSSR count). The van der Waals surface area contributed by atoms with Gasteiger partial charge in [0.05, 0.1) is 0 Å². The molecule has 0 radical (unpaired) electrons.